The van der Waals surface area contributed by atoms with Crippen LogP contribution in [0.2, 0.25) is 0 Å². The first kappa shape index (κ1) is 14.6. The van der Waals surface area contributed by atoms with Crippen LogP contribution in [0.1, 0.15) is 46.0 Å². The third kappa shape index (κ3) is 3.28. The number of fused-ring (bicyclic) bond motifs is 1. The van der Waals surface area contributed by atoms with E-state index in [2.05, 4.69) is 40.6 Å². The van der Waals surface area contributed by atoms with E-state index in [1.165, 1.54) is 19.3 Å². The zero-order valence-electron chi connectivity index (χ0n) is 12.8. The number of hydrogen-bond acceptors (Lipinski definition) is 5. The van der Waals surface area contributed by atoms with Crippen LogP contribution in [-0.4, -0.2) is 22.6 Å². The van der Waals surface area contributed by atoms with Crippen molar-refractivity contribution in [2.45, 2.75) is 52.1 Å². The smallest absolute Gasteiger partial charge is 0.227 e. The molecule has 1 fully saturated rings. The van der Waals surface area contributed by atoms with Crippen molar-refractivity contribution < 1.29 is 4.74 Å². The minimum atomic E-state index is 0.302. The Balaban J connectivity index is 1.83. The summed E-state index contributed by atoms with van der Waals surface area (Å²) in [5, 5.41) is 6.29. The Morgan fingerprint density at radius 3 is 3.05 bits per heavy atom. The maximum absolute atomic E-state index is 6.26. The van der Waals surface area contributed by atoms with Gasteiger partial charge in [-0.2, -0.15) is 4.98 Å². The zero-order chi connectivity index (χ0) is 14.7. The van der Waals surface area contributed by atoms with Gasteiger partial charge in [0.2, 0.25) is 11.8 Å². The Kier molecular flexibility index (Phi) is 4.58. The lowest BCUT2D eigenvalue weighted by molar-refractivity contribution is 0.119. The molecule has 0 radical (unpaired) electrons. The van der Waals surface area contributed by atoms with E-state index >= 15 is 0 Å². The highest BCUT2D eigenvalue weighted by Crippen LogP contribution is 2.33. The average molecular weight is 305 g/mol. The molecule has 4 nitrogen and oxygen atoms in total. The Labute approximate surface area is 129 Å². The van der Waals surface area contributed by atoms with Crippen molar-refractivity contribution in [1.82, 2.24) is 9.97 Å². The van der Waals surface area contributed by atoms with Gasteiger partial charge in [-0.1, -0.05) is 19.8 Å². The number of aromatic nitrogens is 2. The molecule has 0 aliphatic heterocycles. The van der Waals surface area contributed by atoms with Crippen LogP contribution in [0.25, 0.3) is 10.2 Å². The predicted molar refractivity (Wildman–Crippen MR) is 88.2 cm³/mol. The molecule has 2 aromatic rings. The molecule has 0 aromatic carbocycles. The first-order valence-corrected chi connectivity index (χ1v) is 8.83. The van der Waals surface area contributed by atoms with Gasteiger partial charge < -0.3 is 10.1 Å². The van der Waals surface area contributed by atoms with E-state index in [1.807, 2.05) is 0 Å². The molecular weight excluding hydrogens is 282 g/mol. The molecule has 2 unspecified atom stereocenters. The van der Waals surface area contributed by atoms with Crippen molar-refractivity contribution in [1.29, 1.82) is 0 Å². The first-order valence-electron chi connectivity index (χ1n) is 7.96. The lowest BCUT2D eigenvalue weighted by atomic mass is 9.85. The van der Waals surface area contributed by atoms with Gasteiger partial charge in [-0.05, 0) is 43.6 Å². The maximum Gasteiger partial charge on any atom is 0.227 e. The first-order chi connectivity index (χ1) is 10.3. The molecule has 1 aliphatic rings. The standard InChI is InChI=1S/C16H23N3OS/c1-3-11-6-5-7-12(10-11)20-14-13-8-9-21-15(13)19-16(18-14)17-4-2/h8-9,11-12H,3-7,10H2,1-2H3,(H,17,18,19). The van der Waals surface area contributed by atoms with Crippen LogP contribution in [-0.2, 0) is 0 Å². The Hall–Kier alpha value is -1.36. The van der Waals surface area contributed by atoms with Crippen LogP contribution in [0.15, 0.2) is 11.4 Å². The Morgan fingerprint density at radius 1 is 1.33 bits per heavy atom. The van der Waals surface area contributed by atoms with Gasteiger partial charge in [0.1, 0.15) is 10.9 Å². The summed E-state index contributed by atoms with van der Waals surface area (Å²) < 4.78 is 6.26. The molecular formula is C16H23N3OS. The van der Waals surface area contributed by atoms with Crippen molar-refractivity contribution in [3.63, 3.8) is 0 Å². The van der Waals surface area contributed by atoms with Gasteiger partial charge >= 0.3 is 0 Å². The molecule has 1 aliphatic carbocycles. The van der Waals surface area contributed by atoms with E-state index in [-0.39, 0.29) is 0 Å². The topological polar surface area (TPSA) is 47.0 Å². The van der Waals surface area contributed by atoms with E-state index in [1.54, 1.807) is 11.3 Å². The van der Waals surface area contributed by atoms with Crippen LogP contribution in [0.5, 0.6) is 5.88 Å². The average Bonchev–Trinajstić information content (AvgIpc) is 2.96. The molecule has 0 spiro atoms. The summed E-state index contributed by atoms with van der Waals surface area (Å²) in [6.07, 6.45) is 6.46. The highest BCUT2D eigenvalue weighted by Gasteiger charge is 2.23. The number of ether oxygens (including phenoxy) is 1. The largest absolute Gasteiger partial charge is 0.474 e. The fourth-order valence-corrected chi connectivity index (χ4v) is 3.79. The van der Waals surface area contributed by atoms with Crippen LogP contribution < -0.4 is 10.1 Å². The SMILES string of the molecule is CCNc1nc(OC2CCCC(CC)C2)c2ccsc2n1. The summed E-state index contributed by atoms with van der Waals surface area (Å²) in [7, 11) is 0. The van der Waals surface area contributed by atoms with Crippen LogP contribution in [0.4, 0.5) is 5.95 Å². The molecule has 1 N–H and O–H groups in total. The molecule has 114 valence electrons. The van der Waals surface area contributed by atoms with E-state index in [9.17, 15) is 0 Å². The summed E-state index contributed by atoms with van der Waals surface area (Å²) in [5.74, 6) is 2.22. The molecule has 21 heavy (non-hydrogen) atoms. The molecule has 0 amide bonds. The summed E-state index contributed by atoms with van der Waals surface area (Å²) in [6, 6.07) is 2.06. The summed E-state index contributed by atoms with van der Waals surface area (Å²) in [6.45, 7) is 5.14. The highest BCUT2D eigenvalue weighted by atomic mass is 32.1. The number of hydrogen-bond donors (Lipinski definition) is 1. The lowest BCUT2D eigenvalue weighted by Crippen LogP contribution is -2.25. The number of anilines is 1. The third-order valence-electron chi connectivity index (χ3n) is 4.22. The molecule has 3 rings (SSSR count). The second kappa shape index (κ2) is 6.60. The van der Waals surface area contributed by atoms with E-state index in [4.69, 9.17) is 4.74 Å². The molecule has 1 saturated carbocycles. The van der Waals surface area contributed by atoms with Crippen molar-refractivity contribution in [3.05, 3.63) is 11.4 Å². The number of nitrogens with one attached hydrogen (secondary N) is 1. The van der Waals surface area contributed by atoms with Crippen molar-refractivity contribution >= 4 is 27.5 Å². The minimum Gasteiger partial charge on any atom is -0.474 e. The molecule has 2 heterocycles. The van der Waals surface area contributed by atoms with Crippen molar-refractivity contribution in [2.24, 2.45) is 5.92 Å². The maximum atomic E-state index is 6.26. The summed E-state index contributed by atoms with van der Waals surface area (Å²) in [5.41, 5.74) is 0. The molecule has 2 aromatic heterocycles. The van der Waals surface area contributed by atoms with Gasteiger partial charge in [0.25, 0.3) is 0 Å². The Morgan fingerprint density at radius 2 is 2.24 bits per heavy atom. The molecule has 0 bridgehead atoms. The molecule has 0 saturated heterocycles. The third-order valence-corrected chi connectivity index (χ3v) is 5.02. The zero-order valence-corrected chi connectivity index (χ0v) is 13.6. The second-order valence-electron chi connectivity index (χ2n) is 5.70. The van der Waals surface area contributed by atoms with Gasteiger partial charge in [-0.3, -0.25) is 0 Å². The summed E-state index contributed by atoms with van der Waals surface area (Å²) in [4.78, 5) is 10.1. The van der Waals surface area contributed by atoms with E-state index in [0.29, 0.717) is 12.1 Å². The van der Waals surface area contributed by atoms with E-state index in [0.717, 1.165) is 41.4 Å². The molecule has 2 atom stereocenters. The molecule has 5 heteroatoms. The second-order valence-corrected chi connectivity index (χ2v) is 6.60. The summed E-state index contributed by atoms with van der Waals surface area (Å²) >= 11 is 1.64. The fourth-order valence-electron chi connectivity index (χ4n) is 3.03. The van der Waals surface area contributed by atoms with Gasteiger partial charge in [0.05, 0.1) is 5.39 Å². The van der Waals surface area contributed by atoms with Gasteiger partial charge in [0, 0.05) is 6.54 Å². The van der Waals surface area contributed by atoms with Crippen LogP contribution in [0.3, 0.4) is 0 Å². The van der Waals surface area contributed by atoms with Gasteiger partial charge in [0.15, 0.2) is 0 Å². The predicted octanol–water partition coefficient (Wildman–Crippen LogP) is 4.47. The highest BCUT2D eigenvalue weighted by molar-refractivity contribution is 7.16. The minimum absolute atomic E-state index is 0.302. The Bertz CT molecular complexity index is 598. The van der Waals surface area contributed by atoms with Crippen LogP contribution >= 0.6 is 11.3 Å². The number of thiophene rings is 1. The number of nitrogens with zero attached hydrogens (tertiary/aromatic N) is 2. The van der Waals surface area contributed by atoms with E-state index < -0.39 is 0 Å². The fraction of sp³-hybridized carbons (Fsp3) is 0.625. The lowest BCUT2D eigenvalue weighted by Gasteiger charge is -2.28. The normalized spacial score (nSPS) is 22.4. The van der Waals surface area contributed by atoms with Gasteiger partial charge in [-0.15, -0.1) is 11.3 Å². The monoisotopic (exact) mass is 305 g/mol. The number of rotatable bonds is 5. The van der Waals surface area contributed by atoms with Gasteiger partial charge in [-0.25, -0.2) is 4.98 Å². The van der Waals surface area contributed by atoms with Crippen molar-refractivity contribution in [3.8, 4) is 5.88 Å². The van der Waals surface area contributed by atoms with Crippen LogP contribution in [0, 0.1) is 5.92 Å². The van der Waals surface area contributed by atoms with Crippen molar-refractivity contribution in [2.75, 3.05) is 11.9 Å². The quantitative estimate of drug-likeness (QED) is 0.885.